The molecular formula is C10H12N2O2. The molecule has 1 saturated heterocycles. The summed E-state index contributed by atoms with van der Waals surface area (Å²) in [5.74, 6) is 0. The van der Waals surface area contributed by atoms with Gasteiger partial charge in [0.15, 0.2) is 0 Å². The van der Waals surface area contributed by atoms with E-state index in [2.05, 4.69) is 4.98 Å². The Hall–Kier alpha value is -1.58. The van der Waals surface area contributed by atoms with Crippen molar-refractivity contribution in [1.82, 2.24) is 9.88 Å². The number of likely N-dealkylation sites (N-methyl/N-ethyl adjacent to an activating group) is 1. The van der Waals surface area contributed by atoms with E-state index in [0.29, 0.717) is 6.61 Å². The summed E-state index contributed by atoms with van der Waals surface area (Å²) in [5.41, 5.74) is 1.99. The lowest BCUT2D eigenvalue weighted by atomic mass is 10.2. The monoisotopic (exact) mass is 192 g/mol. The molecule has 1 aromatic rings. The summed E-state index contributed by atoms with van der Waals surface area (Å²) in [6, 6.07) is 3.88. The summed E-state index contributed by atoms with van der Waals surface area (Å²) < 4.78 is 4.91. The molecule has 0 bridgehead atoms. The quantitative estimate of drug-likeness (QED) is 0.677. The lowest BCUT2D eigenvalue weighted by Gasteiger charge is -2.14. The smallest absolute Gasteiger partial charge is 0.410 e. The van der Waals surface area contributed by atoms with E-state index >= 15 is 0 Å². The van der Waals surface area contributed by atoms with Gasteiger partial charge < -0.3 is 4.74 Å². The third-order valence-electron chi connectivity index (χ3n) is 2.40. The minimum Gasteiger partial charge on any atom is -0.447 e. The maximum absolute atomic E-state index is 11.1. The summed E-state index contributed by atoms with van der Waals surface area (Å²) in [6.45, 7) is 2.38. The predicted octanol–water partition coefficient (Wildman–Crippen LogP) is 1.51. The highest BCUT2D eigenvalue weighted by Crippen LogP contribution is 2.23. The molecule has 0 spiro atoms. The first kappa shape index (κ1) is 8.99. The van der Waals surface area contributed by atoms with Crippen molar-refractivity contribution in [3.8, 4) is 0 Å². The number of carbonyl (C=O) groups is 1. The number of aromatic nitrogens is 1. The minimum absolute atomic E-state index is 0.0388. The number of amides is 1. The molecule has 1 unspecified atom stereocenters. The largest absolute Gasteiger partial charge is 0.447 e. The van der Waals surface area contributed by atoms with E-state index in [9.17, 15) is 4.79 Å². The molecule has 1 aliphatic rings. The lowest BCUT2D eigenvalue weighted by molar-refractivity contribution is 0.163. The first-order valence-electron chi connectivity index (χ1n) is 4.50. The predicted molar refractivity (Wildman–Crippen MR) is 50.8 cm³/mol. The average molecular weight is 192 g/mol. The molecule has 1 aromatic heterocycles. The van der Waals surface area contributed by atoms with Crippen LogP contribution >= 0.6 is 0 Å². The number of pyridine rings is 1. The second-order valence-corrected chi connectivity index (χ2v) is 3.46. The Kier molecular flexibility index (Phi) is 2.11. The maximum atomic E-state index is 11.1. The molecular weight excluding hydrogens is 180 g/mol. The molecule has 2 rings (SSSR count). The van der Waals surface area contributed by atoms with Gasteiger partial charge in [-0.2, -0.15) is 0 Å². The first-order chi connectivity index (χ1) is 6.68. The number of aryl methyl sites for hydroxylation is 1. The highest BCUT2D eigenvalue weighted by molar-refractivity contribution is 5.69. The number of carbonyl (C=O) groups excluding carboxylic acids is 1. The van der Waals surface area contributed by atoms with Crippen LogP contribution in [0.3, 0.4) is 0 Å². The first-order valence-corrected chi connectivity index (χ1v) is 4.50. The Balaban J connectivity index is 2.23. The molecule has 74 valence electrons. The van der Waals surface area contributed by atoms with Gasteiger partial charge in [0.05, 0.1) is 5.69 Å². The highest BCUT2D eigenvalue weighted by Gasteiger charge is 2.31. The molecule has 0 aromatic carbocycles. The zero-order valence-electron chi connectivity index (χ0n) is 8.23. The summed E-state index contributed by atoms with van der Waals surface area (Å²) in [6.07, 6.45) is 1.52. The third kappa shape index (κ3) is 1.43. The molecule has 0 N–H and O–H groups in total. The van der Waals surface area contributed by atoms with Crippen LogP contribution in [0.25, 0.3) is 0 Å². The van der Waals surface area contributed by atoms with E-state index < -0.39 is 0 Å². The normalized spacial score (nSPS) is 21.1. The van der Waals surface area contributed by atoms with E-state index in [1.54, 1.807) is 18.1 Å². The second-order valence-electron chi connectivity index (χ2n) is 3.46. The van der Waals surface area contributed by atoms with Crippen molar-refractivity contribution in [3.63, 3.8) is 0 Å². The number of nitrogens with zero attached hydrogens (tertiary/aromatic N) is 2. The molecule has 1 fully saturated rings. The van der Waals surface area contributed by atoms with Crippen molar-refractivity contribution >= 4 is 6.09 Å². The number of cyclic esters (lactones) is 1. The van der Waals surface area contributed by atoms with E-state index in [0.717, 1.165) is 11.3 Å². The zero-order valence-corrected chi connectivity index (χ0v) is 8.23. The van der Waals surface area contributed by atoms with Gasteiger partial charge >= 0.3 is 6.09 Å². The molecule has 1 aliphatic heterocycles. The van der Waals surface area contributed by atoms with Crippen LogP contribution in [0, 0.1) is 6.92 Å². The van der Waals surface area contributed by atoms with E-state index in [1.165, 1.54) is 0 Å². The molecule has 14 heavy (non-hydrogen) atoms. The SMILES string of the molecule is Cc1ccc(C2COC(=O)N2C)nc1. The molecule has 0 aliphatic carbocycles. The third-order valence-corrected chi connectivity index (χ3v) is 2.40. The minimum atomic E-state index is -0.280. The van der Waals surface area contributed by atoms with Gasteiger partial charge in [0, 0.05) is 13.2 Å². The van der Waals surface area contributed by atoms with Crippen molar-refractivity contribution in [2.24, 2.45) is 0 Å². The molecule has 4 heteroatoms. The fourth-order valence-corrected chi connectivity index (χ4v) is 1.45. The van der Waals surface area contributed by atoms with Gasteiger partial charge in [0.2, 0.25) is 0 Å². The Morgan fingerprint density at radius 3 is 2.86 bits per heavy atom. The van der Waals surface area contributed by atoms with Crippen LogP contribution in [0.1, 0.15) is 17.3 Å². The number of hydrogen-bond acceptors (Lipinski definition) is 3. The zero-order chi connectivity index (χ0) is 10.1. The van der Waals surface area contributed by atoms with Crippen LogP contribution < -0.4 is 0 Å². The maximum Gasteiger partial charge on any atom is 0.410 e. The lowest BCUT2D eigenvalue weighted by Crippen LogP contribution is -2.23. The van der Waals surface area contributed by atoms with Gasteiger partial charge in [0.1, 0.15) is 12.6 Å². The number of rotatable bonds is 1. The van der Waals surface area contributed by atoms with Crippen LogP contribution in [0.5, 0.6) is 0 Å². The Labute approximate surface area is 82.5 Å². The Morgan fingerprint density at radius 2 is 2.36 bits per heavy atom. The standard InChI is InChI=1S/C10H12N2O2/c1-7-3-4-8(11-5-7)9-6-14-10(13)12(9)2/h3-5,9H,6H2,1-2H3. The van der Waals surface area contributed by atoms with Crippen molar-refractivity contribution in [2.75, 3.05) is 13.7 Å². The summed E-state index contributed by atoms with van der Waals surface area (Å²) in [7, 11) is 1.72. The van der Waals surface area contributed by atoms with Gasteiger partial charge in [-0.25, -0.2) is 4.79 Å². The molecule has 0 saturated carbocycles. The Morgan fingerprint density at radius 1 is 1.57 bits per heavy atom. The molecule has 2 heterocycles. The second kappa shape index (κ2) is 3.29. The number of hydrogen-bond donors (Lipinski definition) is 0. The Bertz CT molecular complexity index is 348. The van der Waals surface area contributed by atoms with Crippen LogP contribution in [-0.4, -0.2) is 29.6 Å². The summed E-state index contributed by atoms with van der Waals surface area (Å²) in [4.78, 5) is 16.9. The van der Waals surface area contributed by atoms with Gasteiger partial charge in [-0.3, -0.25) is 9.88 Å². The fourth-order valence-electron chi connectivity index (χ4n) is 1.45. The van der Waals surface area contributed by atoms with Gasteiger partial charge in [-0.15, -0.1) is 0 Å². The summed E-state index contributed by atoms with van der Waals surface area (Å²) >= 11 is 0. The van der Waals surface area contributed by atoms with E-state index in [1.807, 2.05) is 19.1 Å². The summed E-state index contributed by atoms with van der Waals surface area (Å²) in [5, 5.41) is 0. The topological polar surface area (TPSA) is 42.4 Å². The number of ether oxygens (including phenoxy) is 1. The van der Waals surface area contributed by atoms with Crippen molar-refractivity contribution in [3.05, 3.63) is 29.6 Å². The van der Waals surface area contributed by atoms with Crippen molar-refractivity contribution in [1.29, 1.82) is 0 Å². The van der Waals surface area contributed by atoms with Gasteiger partial charge in [0.25, 0.3) is 0 Å². The van der Waals surface area contributed by atoms with Gasteiger partial charge in [-0.05, 0) is 18.6 Å². The molecule has 4 nitrogen and oxygen atoms in total. The van der Waals surface area contributed by atoms with Crippen LogP contribution in [0.2, 0.25) is 0 Å². The van der Waals surface area contributed by atoms with Crippen molar-refractivity contribution < 1.29 is 9.53 Å². The molecule has 1 amide bonds. The van der Waals surface area contributed by atoms with Crippen LogP contribution in [-0.2, 0) is 4.74 Å². The molecule has 0 radical (unpaired) electrons. The van der Waals surface area contributed by atoms with E-state index in [-0.39, 0.29) is 12.1 Å². The van der Waals surface area contributed by atoms with Crippen LogP contribution in [0.15, 0.2) is 18.3 Å². The van der Waals surface area contributed by atoms with Gasteiger partial charge in [-0.1, -0.05) is 6.07 Å². The fraction of sp³-hybridized carbons (Fsp3) is 0.400. The van der Waals surface area contributed by atoms with Crippen LogP contribution in [0.4, 0.5) is 4.79 Å². The van der Waals surface area contributed by atoms with Crippen molar-refractivity contribution in [2.45, 2.75) is 13.0 Å². The average Bonchev–Trinajstić information content (AvgIpc) is 2.50. The highest BCUT2D eigenvalue weighted by atomic mass is 16.6. The van der Waals surface area contributed by atoms with E-state index in [4.69, 9.17) is 4.74 Å². The molecule has 1 atom stereocenters.